The molecule has 4 aromatic rings. The van der Waals surface area contributed by atoms with Crippen molar-refractivity contribution in [3.8, 4) is 22.5 Å². The monoisotopic (exact) mass is 486 g/mol. The number of nitrogens with zero attached hydrogens (tertiary/aromatic N) is 5. The highest BCUT2D eigenvalue weighted by molar-refractivity contribution is 5.87. The largest absolute Gasteiger partial charge is 0.477 e. The summed E-state index contributed by atoms with van der Waals surface area (Å²) in [5.74, 6) is -0.496. The van der Waals surface area contributed by atoms with Gasteiger partial charge in [0.1, 0.15) is 0 Å². The predicted octanol–water partition coefficient (Wildman–Crippen LogP) is 4.70. The third-order valence-corrected chi connectivity index (χ3v) is 7.03. The molecule has 2 N–H and O–H groups in total. The number of aromatic amines is 1. The summed E-state index contributed by atoms with van der Waals surface area (Å²) in [6.07, 6.45) is 6.20. The smallest absolute Gasteiger partial charge is 0.354 e. The molecule has 0 unspecified atom stereocenters. The second-order valence-electron chi connectivity index (χ2n) is 9.36. The van der Waals surface area contributed by atoms with E-state index >= 15 is 0 Å². The minimum atomic E-state index is -1.02. The first-order chi connectivity index (χ1) is 17.6. The van der Waals surface area contributed by atoms with Crippen LogP contribution in [0.25, 0.3) is 22.5 Å². The minimum Gasteiger partial charge on any atom is -0.477 e. The fourth-order valence-electron chi connectivity index (χ4n) is 5.34. The molecule has 0 bridgehead atoms. The third-order valence-electron chi connectivity index (χ3n) is 7.03. The molecule has 0 atom stereocenters. The Balaban J connectivity index is 1.50. The van der Waals surface area contributed by atoms with E-state index in [1.54, 1.807) is 9.13 Å². The molecule has 9 nitrogen and oxygen atoms in total. The zero-order chi connectivity index (χ0) is 25.1. The first-order valence-corrected chi connectivity index (χ1v) is 12.6. The zero-order valence-corrected chi connectivity index (χ0v) is 20.4. The van der Waals surface area contributed by atoms with Crippen LogP contribution in [0.15, 0.2) is 53.3 Å². The Morgan fingerprint density at radius 3 is 2.42 bits per heavy atom. The average molecular weight is 487 g/mol. The summed E-state index contributed by atoms with van der Waals surface area (Å²) in [4.78, 5) is 25.9. The molecule has 9 heteroatoms. The van der Waals surface area contributed by atoms with E-state index in [0.29, 0.717) is 24.5 Å². The molecule has 1 aliphatic carbocycles. The number of carboxylic acid groups (broad SMARTS) is 1. The van der Waals surface area contributed by atoms with Crippen LogP contribution >= 0.6 is 0 Å². The first-order valence-electron chi connectivity index (χ1n) is 12.6. The molecule has 2 heterocycles. The second-order valence-corrected chi connectivity index (χ2v) is 9.36. The summed E-state index contributed by atoms with van der Waals surface area (Å²) in [7, 11) is 0. The maximum absolute atomic E-state index is 13.6. The van der Waals surface area contributed by atoms with Gasteiger partial charge in [0.2, 0.25) is 5.82 Å². The highest BCUT2D eigenvalue weighted by Crippen LogP contribution is 2.31. The number of H-pyrrole nitrogens is 1. The standard InChI is InChI=1S/C27H30N6O3/c1-2-8-23-24(26(34)35)33(20-9-4-3-5-10-20)27(36)32(23)17-18-13-15-19(16-14-18)21-11-6-7-12-22(21)25-28-30-31-29-25/h6-7,11-16,20H,2-5,8-10,17H2,1H3,(H,34,35)(H,28,29,30,31). The Morgan fingerprint density at radius 2 is 1.78 bits per heavy atom. The highest BCUT2D eigenvalue weighted by atomic mass is 16.4. The molecule has 0 saturated heterocycles. The van der Waals surface area contributed by atoms with E-state index in [2.05, 4.69) is 20.6 Å². The summed E-state index contributed by atoms with van der Waals surface area (Å²) in [6, 6.07) is 15.8. The van der Waals surface area contributed by atoms with Crippen LogP contribution < -0.4 is 5.69 Å². The van der Waals surface area contributed by atoms with E-state index in [0.717, 1.165) is 60.8 Å². The van der Waals surface area contributed by atoms with Crippen molar-refractivity contribution >= 4 is 5.97 Å². The van der Waals surface area contributed by atoms with Crippen LogP contribution in [0.4, 0.5) is 0 Å². The zero-order valence-electron chi connectivity index (χ0n) is 20.4. The molecular weight excluding hydrogens is 456 g/mol. The molecule has 2 aromatic carbocycles. The van der Waals surface area contributed by atoms with Gasteiger partial charge in [0.25, 0.3) is 0 Å². The summed E-state index contributed by atoms with van der Waals surface area (Å²) in [5.41, 5.74) is 4.35. The number of carbonyl (C=O) groups is 1. The second kappa shape index (κ2) is 10.3. The molecule has 1 aliphatic rings. The molecule has 0 spiro atoms. The number of aromatic nitrogens is 6. The predicted molar refractivity (Wildman–Crippen MR) is 136 cm³/mol. The van der Waals surface area contributed by atoms with Crippen LogP contribution in [0.1, 0.15) is 73.2 Å². The number of hydrogen-bond donors (Lipinski definition) is 2. The lowest BCUT2D eigenvalue weighted by Gasteiger charge is -2.23. The van der Waals surface area contributed by atoms with Gasteiger partial charge in [-0.05, 0) is 41.2 Å². The molecular formula is C27H30N6O3. The van der Waals surface area contributed by atoms with Crippen molar-refractivity contribution < 1.29 is 9.90 Å². The van der Waals surface area contributed by atoms with Gasteiger partial charge in [-0.2, -0.15) is 5.21 Å². The normalized spacial score (nSPS) is 14.2. The van der Waals surface area contributed by atoms with Gasteiger partial charge in [0, 0.05) is 11.6 Å². The lowest BCUT2D eigenvalue weighted by atomic mass is 9.95. The lowest BCUT2D eigenvalue weighted by molar-refractivity contribution is 0.0678. The molecule has 0 aliphatic heterocycles. The van der Waals surface area contributed by atoms with Gasteiger partial charge >= 0.3 is 11.7 Å². The molecule has 2 aromatic heterocycles. The average Bonchev–Trinajstić information content (AvgIpc) is 3.53. The molecule has 1 fully saturated rings. The number of aromatic carboxylic acids is 1. The van der Waals surface area contributed by atoms with Gasteiger partial charge in [-0.1, -0.05) is 81.1 Å². The van der Waals surface area contributed by atoms with Crippen molar-refractivity contribution in [2.24, 2.45) is 0 Å². The van der Waals surface area contributed by atoms with Gasteiger partial charge in [-0.3, -0.25) is 9.13 Å². The van der Waals surface area contributed by atoms with Crippen LogP contribution in [0.5, 0.6) is 0 Å². The van der Waals surface area contributed by atoms with Crippen LogP contribution in [0.3, 0.4) is 0 Å². The Kier molecular flexibility index (Phi) is 6.79. The van der Waals surface area contributed by atoms with Crippen LogP contribution in [-0.4, -0.2) is 40.8 Å². The summed E-state index contributed by atoms with van der Waals surface area (Å²) >= 11 is 0. The molecule has 36 heavy (non-hydrogen) atoms. The Labute approximate surface area is 208 Å². The van der Waals surface area contributed by atoms with Crippen molar-refractivity contribution in [2.75, 3.05) is 0 Å². The number of carboxylic acids is 1. The number of nitrogens with one attached hydrogen (secondary N) is 1. The molecule has 1 saturated carbocycles. The van der Waals surface area contributed by atoms with Crippen molar-refractivity contribution in [2.45, 2.75) is 64.5 Å². The van der Waals surface area contributed by atoms with E-state index in [1.165, 1.54) is 0 Å². The van der Waals surface area contributed by atoms with Crippen molar-refractivity contribution in [1.29, 1.82) is 0 Å². The maximum atomic E-state index is 13.6. The summed E-state index contributed by atoms with van der Waals surface area (Å²) in [6.45, 7) is 2.34. The van der Waals surface area contributed by atoms with Gasteiger partial charge in [0.05, 0.1) is 12.2 Å². The number of imidazole rings is 1. The third kappa shape index (κ3) is 4.48. The van der Waals surface area contributed by atoms with E-state index in [-0.39, 0.29) is 17.4 Å². The van der Waals surface area contributed by atoms with Crippen molar-refractivity contribution in [3.05, 3.63) is 76.0 Å². The van der Waals surface area contributed by atoms with Crippen LogP contribution in [0.2, 0.25) is 0 Å². The lowest BCUT2D eigenvalue weighted by Crippen LogP contribution is -2.30. The minimum absolute atomic E-state index is 0.0433. The molecule has 186 valence electrons. The van der Waals surface area contributed by atoms with E-state index in [1.807, 2.05) is 55.5 Å². The summed E-state index contributed by atoms with van der Waals surface area (Å²) in [5, 5.41) is 24.5. The topological polar surface area (TPSA) is 119 Å². The van der Waals surface area contributed by atoms with Crippen LogP contribution in [0, 0.1) is 0 Å². The van der Waals surface area contributed by atoms with Crippen LogP contribution in [-0.2, 0) is 13.0 Å². The van der Waals surface area contributed by atoms with E-state index in [9.17, 15) is 14.7 Å². The number of hydrogen-bond acceptors (Lipinski definition) is 5. The highest BCUT2D eigenvalue weighted by Gasteiger charge is 2.29. The fourth-order valence-corrected chi connectivity index (χ4v) is 5.34. The first kappa shape index (κ1) is 23.7. The Morgan fingerprint density at radius 1 is 1.06 bits per heavy atom. The van der Waals surface area contributed by atoms with Gasteiger partial charge < -0.3 is 5.11 Å². The molecule has 5 rings (SSSR count). The number of tetrazole rings is 1. The van der Waals surface area contributed by atoms with Gasteiger partial charge in [-0.25, -0.2) is 9.59 Å². The van der Waals surface area contributed by atoms with Crippen molar-refractivity contribution in [1.82, 2.24) is 29.8 Å². The number of benzene rings is 2. The molecule has 0 amide bonds. The SMILES string of the molecule is CCCc1c(C(=O)O)n(C2CCCCC2)c(=O)n1Cc1ccc(-c2ccccc2-c2nn[nH]n2)cc1. The molecule has 0 radical (unpaired) electrons. The quantitative estimate of drug-likeness (QED) is 0.373. The van der Waals surface area contributed by atoms with Crippen molar-refractivity contribution in [3.63, 3.8) is 0 Å². The Hall–Kier alpha value is -4.01. The van der Waals surface area contributed by atoms with E-state index in [4.69, 9.17) is 0 Å². The number of rotatable bonds is 8. The van der Waals surface area contributed by atoms with Gasteiger partial charge in [-0.15, -0.1) is 10.2 Å². The fraction of sp³-hybridized carbons (Fsp3) is 0.370. The summed E-state index contributed by atoms with van der Waals surface area (Å²) < 4.78 is 3.24. The van der Waals surface area contributed by atoms with Gasteiger partial charge in [0.15, 0.2) is 5.69 Å². The Bertz CT molecular complexity index is 1400. The maximum Gasteiger partial charge on any atom is 0.354 e. The van der Waals surface area contributed by atoms with E-state index < -0.39 is 5.97 Å².